The molecule has 0 aliphatic heterocycles. The Bertz CT molecular complexity index is 351. The molecular formula is C12H18N2O2. The number of hydrogen-bond acceptors (Lipinski definition) is 3. The molecule has 1 amide bonds. The van der Waals surface area contributed by atoms with Crippen molar-refractivity contribution in [2.75, 3.05) is 12.3 Å². The van der Waals surface area contributed by atoms with Gasteiger partial charge in [0.25, 0.3) is 0 Å². The molecular weight excluding hydrogens is 204 g/mol. The summed E-state index contributed by atoms with van der Waals surface area (Å²) in [5.74, 6) is -0.0498. The van der Waals surface area contributed by atoms with Crippen molar-refractivity contribution in [1.29, 1.82) is 0 Å². The van der Waals surface area contributed by atoms with Gasteiger partial charge in [0, 0.05) is 12.2 Å². The zero-order valence-electron chi connectivity index (χ0n) is 9.44. The van der Waals surface area contributed by atoms with Gasteiger partial charge in [0.15, 0.2) is 0 Å². The smallest absolute Gasteiger partial charge is 0.224 e. The van der Waals surface area contributed by atoms with E-state index in [-0.39, 0.29) is 12.0 Å². The Hall–Kier alpha value is -1.55. The molecule has 0 spiro atoms. The van der Waals surface area contributed by atoms with Gasteiger partial charge in [0.05, 0.1) is 12.5 Å². The van der Waals surface area contributed by atoms with Crippen LogP contribution in [0, 0.1) is 0 Å². The molecule has 0 fully saturated rings. The summed E-state index contributed by atoms with van der Waals surface area (Å²) in [6.07, 6.45) is 0.515. The van der Waals surface area contributed by atoms with Crippen LogP contribution in [0.15, 0.2) is 24.3 Å². The third-order valence-electron chi connectivity index (χ3n) is 2.20. The third-order valence-corrected chi connectivity index (χ3v) is 2.20. The largest absolute Gasteiger partial charge is 0.399 e. The van der Waals surface area contributed by atoms with Crippen molar-refractivity contribution in [1.82, 2.24) is 5.32 Å². The minimum absolute atomic E-state index is 0.0498. The lowest BCUT2D eigenvalue weighted by Crippen LogP contribution is -2.27. The van der Waals surface area contributed by atoms with Crippen molar-refractivity contribution in [3.05, 3.63) is 29.8 Å². The summed E-state index contributed by atoms with van der Waals surface area (Å²) in [5.41, 5.74) is 7.17. The minimum Gasteiger partial charge on any atom is -0.399 e. The molecule has 0 saturated heterocycles. The quantitative estimate of drug-likeness (QED) is 0.642. The van der Waals surface area contributed by atoms with Gasteiger partial charge in [-0.15, -0.1) is 0 Å². The topological polar surface area (TPSA) is 75.3 Å². The van der Waals surface area contributed by atoms with Crippen LogP contribution >= 0.6 is 0 Å². The Morgan fingerprint density at radius 2 is 2.31 bits per heavy atom. The van der Waals surface area contributed by atoms with E-state index in [4.69, 9.17) is 10.8 Å². The molecule has 1 aromatic rings. The molecule has 0 radical (unpaired) electrons. The number of aliphatic hydroxyl groups is 1. The summed E-state index contributed by atoms with van der Waals surface area (Å²) >= 11 is 0. The second kappa shape index (κ2) is 6.12. The highest BCUT2D eigenvalue weighted by Crippen LogP contribution is 2.06. The number of rotatable bonds is 5. The van der Waals surface area contributed by atoms with Gasteiger partial charge in [-0.25, -0.2) is 0 Å². The maximum atomic E-state index is 11.5. The molecule has 4 nitrogen and oxygen atoms in total. The number of hydrogen-bond donors (Lipinski definition) is 3. The molecule has 0 aromatic heterocycles. The number of aliphatic hydroxyl groups excluding tert-OH is 1. The number of benzene rings is 1. The summed E-state index contributed by atoms with van der Waals surface area (Å²) < 4.78 is 0. The van der Waals surface area contributed by atoms with E-state index in [1.807, 2.05) is 12.1 Å². The lowest BCUT2D eigenvalue weighted by Gasteiger charge is -2.07. The highest BCUT2D eigenvalue weighted by atomic mass is 16.3. The Balaban J connectivity index is 2.34. The Morgan fingerprint density at radius 1 is 1.56 bits per heavy atom. The SMILES string of the molecule is CC(O)CCNC(=O)Cc1cccc(N)c1. The molecule has 1 atom stereocenters. The first-order valence-corrected chi connectivity index (χ1v) is 5.37. The zero-order valence-corrected chi connectivity index (χ0v) is 9.44. The predicted molar refractivity (Wildman–Crippen MR) is 63.9 cm³/mol. The van der Waals surface area contributed by atoms with Crippen molar-refractivity contribution in [3.8, 4) is 0 Å². The summed E-state index contributed by atoms with van der Waals surface area (Å²) in [4.78, 5) is 11.5. The van der Waals surface area contributed by atoms with E-state index in [1.165, 1.54) is 0 Å². The molecule has 88 valence electrons. The van der Waals surface area contributed by atoms with Crippen molar-refractivity contribution in [2.45, 2.75) is 25.9 Å². The molecule has 0 aliphatic rings. The molecule has 0 saturated carbocycles. The van der Waals surface area contributed by atoms with E-state index < -0.39 is 0 Å². The number of carbonyl (C=O) groups excluding carboxylic acids is 1. The number of nitrogen functional groups attached to an aromatic ring is 1. The summed E-state index contributed by atoms with van der Waals surface area (Å²) in [6, 6.07) is 7.27. The summed E-state index contributed by atoms with van der Waals surface area (Å²) in [6.45, 7) is 2.20. The molecule has 0 heterocycles. The fourth-order valence-corrected chi connectivity index (χ4v) is 1.37. The zero-order chi connectivity index (χ0) is 12.0. The van der Waals surface area contributed by atoms with Gasteiger partial charge < -0.3 is 16.2 Å². The van der Waals surface area contributed by atoms with Crippen LogP contribution in [0.3, 0.4) is 0 Å². The normalized spacial score (nSPS) is 12.1. The molecule has 1 aromatic carbocycles. The lowest BCUT2D eigenvalue weighted by atomic mass is 10.1. The van der Waals surface area contributed by atoms with Crippen LogP contribution in [0.2, 0.25) is 0 Å². The molecule has 4 heteroatoms. The van der Waals surface area contributed by atoms with E-state index in [2.05, 4.69) is 5.32 Å². The molecule has 16 heavy (non-hydrogen) atoms. The predicted octanol–water partition coefficient (Wildman–Crippen LogP) is 0.698. The fourth-order valence-electron chi connectivity index (χ4n) is 1.37. The number of amides is 1. The van der Waals surface area contributed by atoms with Crippen molar-refractivity contribution in [2.24, 2.45) is 0 Å². The van der Waals surface area contributed by atoms with Gasteiger partial charge in [-0.1, -0.05) is 12.1 Å². The van der Waals surface area contributed by atoms with Crippen LogP contribution in [0.1, 0.15) is 18.9 Å². The highest BCUT2D eigenvalue weighted by molar-refractivity contribution is 5.78. The molecule has 4 N–H and O–H groups in total. The second-order valence-electron chi connectivity index (χ2n) is 3.91. The first-order valence-electron chi connectivity index (χ1n) is 5.37. The average molecular weight is 222 g/mol. The van der Waals surface area contributed by atoms with Crippen molar-refractivity contribution in [3.63, 3.8) is 0 Å². The van der Waals surface area contributed by atoms with Crippen LogP contribution in [0.25, 0.3) is 0 Å². The van der Waals surface area contributed by atoms with Crippen LogP contribution in [-0.4, -0.2) is 23.7 Å². The summed E-state index contributed by atoms with van der Waals surface area (Å²) in [7, 11) is 0. The van der Waals surface area contributed by atoms with Crippen LogP contribution < -0.4 is 11.1 Å². The van der Waals surface area contributed by atoms with Gasteiger partial charge in [-0.05, 0) is 31.0 Å². The molecule has 1 unspecified atom stereocenters. The second-order valence-corrected chi connectivity index (χ2v) is 3.91. The van der Waals surface area contributed by atoms with Gasteiger partial charge in [0.2, 0.25) is 5.91 Å². The van der Waals surface area contributed by atoms with Crippen molar-refractivity contribution >= 4 is 11.6 Å². The van der Waals surface area contributed by atoms with Gasteiger partial charge in [-0.3, -0.25) is 4.79 Å². The number of carbonyl (C=O) groups is 1. The first kappa shape index (κ1) is 12.5. The van der Waals surface area contributed by atoms with Gasteiger partial charge in [0.1, 0.15) is 0 Å². The van der Waals surface area contributed by atoms with Crippen LogP contribution in [-0.2, 0) is 11.2 Å². The lowest BCUT2D eigenvalue weighted by molar-refractivity contribution is -0.120. The molecule has 0 aliphatic carbocycles. The first-order chi connectivity index (χ1) is 7.58. The maximum absolute atomic E-state index is 11.5. The Labute approximate surface area is 95.5 Å². The van der Waals surface area contributed by atoms with Gasteiger partial charge >= 0.3 is 0 Å². The van der Waals surface area contributed by atoms with E-state index in [0.29, 0.717) is 25.1 Å². The third kappa shape index (κ3) is 4.79. The number of nitrogens with two attached hydrogens (primary N) is 1. The average Bonchev–Trinajstić information content (AvgIpc) is 2.16. The van der Waals surface area contributed by atoms with Crippen LogP contribution in [0.4, 0.5) is 5.69 Å². The molecule has 0 bridgehead atoms. The Morgan fingerprint density at radius 3 is 2.94 bits per heavy atom. The molecule has 1 rings (SSSR count). The van der Waals surface area contributed by atoms with E-state index in [1.54, 1.807) is 19.1 Å². The minimum atomic E-state index is -0.382. The summed E-state index contributed by atoms with van der Waals surface area (Å²) in [5, 5.41) is 11.8. The van der Waals surface area contributed by atoms with Gasteiger partial charge in [-0.2, -0.15) is 0 Å². The van der Waals surface area contributed by atoms with E-state index in [0.717, 1.165) is 5.56 Å². The highest BCUT2D eigenvalue weighted by Gasteiger charge is 2.03. The fraction of sp³-hybridized carbons (Fsp3) is 0.417. The van der Waals surface area contributed by atoms with Crippen LogP contribution in [0.5, 0.6) is 0 Å². The van der Waals surface area contributed by atoms with E-state index in [9.17, 15) is 4.79 Å². The number of nitrogens with one attached hydrogen (secondary N) is 1. The Kier molecular flexibility index (Phi) is 4.79. The standard InChI is InChI=1S/C12H18N2O2/c1-9(15)5-6-14-12(16)8-10-3-2-4-11(13)7-10/h2-4,7,9,15H,5-6,8,13H2,1H3,(H,14,16). The monoisotopic (exact) mass is 222 g/mol. The maximum Gasteiger partial charge on any atom is 0.224 e. The van der Waals surface area contributed by atoms with E-state index >= 15 is 0 Å². The van der Waals surface area contributed by atoms with Crippen molar-refractivity contribution < 1.29 is 9.90 Å². The number of anilines is 1.